The van der Waals surface area contributed by atoms with Gasteiger partial charge in [-0.1, -0.05) is 71.6 Å². The third kappa shape index (κ3) is 10.4. The van der Waals surface area contributed by atoms with Gasteiger partial charge in [0.2, 0.25) is 0 Å². The molecule has 6 heteroatoms. The lowest BCUT2D eigenvalue weighted by Crippen LogP contribution is -2.48. The van der Waals surface area contributed by atoms with Gasteiger partial charge >= 0.3 is 11.9 Å². The van der Waals surface area contributed by atoms with E-state index in [2.05, 4.69) is 13.8 Å². The third-order valence-corrected chi connectivity index (χ3v) is 5.61. The van der Waals surface area contributed by atoms with Gasteiger partial charge < -0.3 is 20.1 Å². The molecule has 4 unspecified atom stereocenters. The monoisotopic (exact) mass is 400 g/mol. The highest BCUT2D eigenvalue weighted by molar-refractivity contribution is 5.71. The van der Waals surface area contributed by atoms with E-state index >= 15 is 0 Å². The largest absolute Gasteiger partial charge is 0.481 e. The number of ether oxygens (including phenoxy) is 1. The van der Waals surface area contributed by atoms with Crippen molar-refractivity contribution < 1.29 is 29.6 Å². The number of aliphatic hydroxyl groups is 2. The number of hydrogen-bond acceptors (Lipinski definition) is 5. The number of aliphatic hydroxyl groups excluding tert-OH is 2. The van der Waals surface area contributed by atoms with Crippen LogP contribution in [0.25, 0.3) is 0 Å². The minimum atomic E-state index is -1.21. The highest BCUT2D eigenvalue weighted by atomic mass is 16.6. The summed E-state index contributed by atoms with van der Waals surface area (Å²) in [5.41, 5.74) is 0. The van der Waals surface area contributed by atoms with Gasteiger partial charge in [0.15, 0.2) is 0 Å². The van der Waals surface area contributed by atoms with Crippen molar-refractivity contribution in [2.45, 2.75) is 116 Å². The van der Waals surface area contributed by atoms with Crippen molar-refractivity contribution in [1.29, 1.82) is 0 Å². The zero-order valence-corrected chi connectivity index (χ0v) is 17.6. The average Bonchev–Trinajstić information content (AvgIpc) is 2.62. The van der Waals surface area contributed by atoms with Gasteiger partial charge in [-0.2, -0.15) is 0 Å². The Hall–Kier alpha value is -1.14. The number of esters is 1. The van der Waals surface area contributed by atoms with E-state index in [0.717, 1.165) is 25.2 Å². The molecule has 0 bridgehead atoms. The molecule has 0 saturated heterocycles. The molecular weight excluding hydrogens is 360 g/mol. The maximum Gasteiger partial charge on any atom is 0.306 e. The van der Waals surface area contributed by atoms with Gasteiger partial charge in [-0.25, -0.2) is 0 Å². The second-order valence-electron chi connectivity index (χ2n) is 8.71. The predicted octanol–water partition coefficient (Wildman–Crippen LogP) is 4.06. The lowest BCUT2D eigenvalue weighted by molar-refractivity contribution is -0.174. The molecule has 1 fully saturated rings. The van der Waals surface area contributed by atoms with E-state index in [9.17, 15) is 19.8 Å². The third-order valence-electron chi connectivity index (χ3n) is 5.61. The van der Waals surface area contributed by atoms with Crippen LogP contribution in [0.1, 0.15) is 97.3 Å². The quantitative estimate of drug-likeness (QED) is 0.300. The van der Waals surface area contributed by atoms with Crippen LogP contribution in [0, 0.1) is 11.8 Å². The lowest BCUT2D eigenvalue weighted by atomic mass is 9.83. The number of carboxylic acid groups (broad SMARTS) is 1. The fourth-order valence-electron chi connectivity index (χ4n) is 3.80. The SMILES string of the molecule is CC(C)CCCCCCCCCCCC(=O)OC1CC(C(=O)O)CC(O)C1O. The molecule has 0 aromatic rings. The molecule has 3 N–H and O–H groups in total. The summed E-state index contributed by atoms with van der Waals surface area (Å²) in [5.74, 6) is -1.45. The van der Waals surface area contributed by atoms with Crippen LogP contribution in [0.4, 0.5) is 0 Å². The minimum absolute atomic E-state index is 0.0116. The summed E-state index contributed by atoms with van der Waals surface area (Å²) < 4.78 is 5.24. The summed E-state index contributed by atoms with van der Waals surface area (Å²) in [5, 5.41) is 28.8. The Morgan fingerprint density at radius 1 is 0.893 bits per heavy atom. The van der Waals surface area contributed by atoms with Gasteiger partial charge in [0.05, 0.1) is 12.0 Å². The van der Waals surface area contributed by atoms with Crippen LogP contribution in [0.15, 0.2) is 0 Å². The molecule has 1 aliphatic rings. The molecule has 1 rings (SSSR count). The Morgan fingerprint density at radius 3 is 1.96 bits per heavy atom. The summed E-state index contributed by atoms with van der Waals surface area (Å²) in [7, 11) is 0. The summed E-state index contributed by atoms with van der Waals surface area (Å²) in [6, 6.07) is 0. The Balaban J connectivity index is 2.05. The second kappa shape index (κ2) is 13.9. The topological polar surface area (TPSA) is 104 Å². The number of unbranched alkanes of at least 4 members (excludes halogenated alkanes) is 8. The number of rotatable bonds is 14. The summed E-state index contributed by atoms with van der Waals surface area (Å²) >= 11 is 0. The van der Waals surface area contributed by atoms with E-state index in [4.69, 9.17) is 9.84 Å². The van der Waals surface area contributed by atoms with Crippen molar-refractivity contribution in [3.05, 3.63) is 0 Å². The molecule has 0 heterocycles. The van der Waals surface area contributed by atoms with Crippen molar-refractivity contribution in [3.63, 3.8) is 0 Å². The van der Waals surface area contributed by atoms with Crippen LogP contribution in [0.3, 0.4) is 0 Å². The normalized spacial score (nSPS) is 25.0. The molecule has 4 atom stereocenters. The standard InChI is InChI=1S/C22H40O6/c1-16(2)12-10-8-6-4-3-5-7-9-11-13-20(24)28-19-15-17(22(26)27)14-18(23)21(19)25/h16-19,21,23,25H,3-15H2,1-2H3,(H,26,27). The van der Waals surface area contributed by atoms with Crippen molar-refractivity contribution in [3.8, 4) is 0 Å². The molecule has 164 valence electrons. The van der Waals surface area contributed by atoms with Crippen LogP contribution in [-0.4, -0.2) is 45.6 Å². The molecule has 0 aromatic carbocycles. The first-order chi connectivity index (χ1) is 13.3. The maximum absolute atomic E-state index is 12.0. The summed E-state index contributed by atoms with van der Waals surface area (Å²) in [4.78, 5) is 23.1. The number of carbonyl (C=O) groups excluding carboxylic acids is 1. The van der Waals surface area contributed by atoms with E-state index in [0.29, 0.717) is 0 Å². The van der Waals surface area contributed by atoms with Gasteiger partial charge in [-0.15, -0.1) is 0 Å². The molecule has 0 radical (unpaired) electrons. The second-order valence-corrected chi connectivity index (χ2v) is 8.71. The first kappa shape index (κ1) is 24.9. The predicted molar refractivity (Wildman–Crippen MR) is 108 cm³/mol. The maximum atomic E-state index is 12.0. The molecule has 28 heavy (non-hydrogen) atoms. The fraction of sp³-hybridized carbons (Fsp3) is 0.909. The number of aliphatic carboxylic acids is 1. The molecule has 0 spiro atoms. The van der Waals surface area contributed by atoms with Crippen LogP contribution in [-0.2, 0) is 14.3 Å². The van der Waals surface area contributed by atoms with E-state index in [1.807, 2.05) is 0 Å². The van der Waals surface area contributed by atoms with E-state index in [1.165, 1.54) is 44.9 Å². The number of carbonyl (C=O) groups is 2. The molecule has 0 amide bonds. The van der Waals surface area contributed by atoms with Gasteiger partial charge in [0, 0.05) is 12.8 Å². The lowest BCUT2D eigenvalue weighted by Gasteiger charge is -2.34. The highest BCUT2D eigenvalue weighted by Gasteiger charge is 2.40. The van der Waals surface area contributed by atoms with E-state index in [-0.39, 0.29) is 19.3 Å². The Kier molecular flexibility index (Phi) is 12.4. The van der Waals surface area contributed by atoms with Gasteiger partial charge in [-0.05, 0) is 18.8 Å². The van der Waals surface area contributed by atoms with Crippen LogP contribution in [0.5, 0.6) is 0 Å². The Bertz CT molecular complexity index is 450. The van der Waals surface area contributed by atoms with Crippen molar-refractivity contribution in [1.82, 2.24) is 0 Å². The minimum Gasteiger partial charge on any atom is -0.481 e. The Morgan fingerprint density at radius 2 is 1.43 bits per heavy atom. The molecular formula is C22H40O6. The summed E-state index contributed by atoms with van der Waals surface area (Å²) in [6.07, 6.45) is 8.82. The molecule has 0 aromatic heterocycles. The summed E-state index contributed by atoms with van der Waals surface area (Å²) in [6.45, 7) is 4.53. The van der Waals surface area contributed by atoms with Gasteiger partial charge in [-0.3, -0.25) is 9.59 Å². The van der Waals surface area contributed by atoms with Crippen molar-refractivity contribution >= 4 is 11.9 Å². The Labute approximate surface area is 169 Å². The first-order valence-electron chi connectivity index (χ1n) is 11.1. The van der Waals surface area contributed by atoms with Crippen LogP contribution < -0.4 is 0 Å². The van der Waals surface area contributed by atoms with E-state index < -0.39 is 36.2 Å². The van der Waals surface area contributed by atoms with Crippen LogP contribution >= 0.6 is 0 Å². The zero-order chi connectivity index (χ0) is 20.9. The average molecular weight is 401 g/mol. The molecule has 0 aliphatic heterocycles. The molecule has 6 nitrogen and oxygen atoms in total. The highest BCUT2D eigenvalue weighted by Crippen LogP contribution is 2.28. The van der Waals surface area contributed by atoms with Gasteiger partial charge in [0.1, 0.15) is 12.2 Å². The smallest absolute Gasteiger partial charge is 0.306 e. The van der Waals surface area contributed by atoms with Gasteiger partial charge in [0.25, 0.3) is 0 Å². The fourth-order valence-corrected chi connectivity index (χ4v) is 3.80. The molecule has 1 aliphatic carbocycles. The molecule has 1 saturated carbocycles. The van der Waals surface area contributed by atoms with Crippen molar-refractivity contribution in [2.75, 3.05) is 0 Å². The van der Waals surface area contributed by atoms with E-state index in [1.54, 1.807) is 0 Å². The number of hydrogen-bond donors (Lipinski definition) is 3. The number of carboxylic acids is 1. The van der Waals surface area contributed by atoms with Crippen LogP contribution in [0.2, 0.25) is 0 Å². The van der Waals surface area contributed by atoms with Crippen molar-refractivity contribution in [2.24, 2.45) is 11.8 Å². The first-order valence-corrected chi connectivity index (χ1v) is 11.1. The zero-order valence-electron chi connectivity index (χ0n) is 17.6.